The molecule has 0 saturated heterocycles. The van der Waals surface area contributed by atoms with Gasteiger partial charge >= 0.3 is 6.18 Å². The van der Waals surface area contributed by atoms with Crippen molar-refractivity contribution in [1.82, 2.24) is 0 Å². The zero-order chi connectivity index (χ0) is 18.5. The molecule has 4 nitrogen and oxygen atoms in total. The van der Waals surface area contributed by atoms with Crippen LogP contribution in [0.3, 0.4) is 0 Å². The first-order valence-electron chi connectivity index (χ1n) is 6.21. The predicted octanol–water partition coefficient (Wildman–Crippen LogP) is 3.99. The summed E-state index contributed by atoms with van der Waals surface area (Å²) in [5.74, 6) is -1.58. The first kappa shape index (κ1) is 19.4. The minimum Gasteiger partial charge on any atom is -0.506 e. The van der Waals surface area contributed by atoms with Gasteiger partial charge in [-0.25, -0.2) is 4.39 Å². The van der Waals surface area contributed by atoms with E-state index in [1.807, 2.05) is 0 Å². The van der Waals surface area contributed by atoms with Gasteiger partial charge in [0.2, 0.25) is 5.91 Å². The van der Waals surface area contributed by atoms with Crippen molar-refractivity contribution in [3.63, 3.8) is 0 Å². The van der Waals surface area contributed by atoms with E-state index in [0.717, 1.165) is 6.07 Å². The van der Waals surface area contributed by atoms with Crippen LogP contribution >= 0.6 is 11.6 Å². The molecule has 0 saturated carbocycles. The van der Waals surface area contributed by atoms with Gasteiger partial charge in [-0.3, -0.25) is 4.79 Å². The van der Waals surface area contributed by atoms with Crippen molar-refractivity contribution < 1.29 is 27.5 Å². The van der Waals surface area contributed by atoms with Crippen LogP contribution in [0.15, 0.2) is 36.4 Å². The van der Waals surface area contributed by atoms with E-state index < -0.39 is 34.2 Å². The number of nitrogens with one attached hydrogen (secondary N) is 1. The summed E-state index contributed by atoms with van der Waals surface area (Å²) in [7, 11) is 0. The van der Waals surface area contributed by atoms with Gasteiger partial charge in [-0.2, -0.15) is 13.2 Å². The highest BCUT2D eigenvalue weighted by atomic mass is 35.5. The van der Waals surface area contributed by atoms with Gasteiger partial charge in [0.1, 0.15) is 11.6 Å². The second-order valence-electron chi connectivity index (χ2n) is 4.41. The molecule has 0 spiro atoms. The van der Waals surface area contributed by atoms with Crippen LogP contribution in [0, 0.1) is 11.2 Å². The highest BCUT2D eigenvalue weighted by Gasteiger charge is 2.31. The molecule has 0 aromatic heterocycles. The fourth-order valence-corrected chi connectivity index (χ4v) is 1.76. The van der Waals surface area contributed by atoms with Crippen LogP contribution in [-0.4, -0.2) is 17.2 Å². The van der Waals surface area contributed by atoms with Crippen LogP contribution in [0.25, 0.3) is 0 Å². The van der Waals surface area contributed by atoms with E-state index in [1.54, 1.807) is 0 Å². The molecule has 0 aliphatic heterocycles. The van der Waals surface area contributed by atoms with Gasteiger partial charge in [0.25, 0.3) is 0 Å². The summed E-state index contributed by atoms with van der Waals surface area (Å²) >= 11 is 5.35. The molecule has 128 valence electrons. The SMILES string of the molecule is N=Cc1cc(C(F)(F)F)cc(Cl)c1O.NC(=O)c1cccc(F)c1. The Morgan fingerprint density at radius 1 is 1.25 bits per heavy atom. The molecule has 2 rings (SSSR count). The van der Waals surface area contributed by atoms with Gasteiger partial charge in [0.15, 0.2) is 0 Å². The van der Waals surface area contributed by atoms with Crippen molar-refractivity contribution in [3.05, 3.63) is 63.9 Å². The van der Waals surface area contributed by atoms with E-state index >= 15 is 0 Å². The summed E-state index contributed by atoms with van der Waals surface area (Å²) in [6, 6.07) is 6.54. The van der Waals surface area contributed by atoms with E-state index in [0.29, 0.717) is 18.3 Å². The molecular formula is C15H11ClF4N2O2. The molecule has 4 N–H and O–H groups in total. The normalized spacial score (nSPS) is 10.5. The number of benzene rings is 2. The Kier molecular flexibility index (Phi) is 6.30. The lowest BCUT2D eigenvalue weighted by atomic mass is 10.1. The average Bonchev–Trinajstić information content (AvgIpc) is 2.49. The average molecular weight is 363 g/mol. The van der Waals surface area contributed by atoms with Gasteiger partial charge in [-0.05, 0) is 30.3 Å². The van der Waals surface area contributed by atoms with Crippen molar-refractivity contribution in [2.45, 2.75) is 6.18 Å². The summed E-state index contributed by atoms with van der Waals surface area (Å²) in [4.78, 5) is 10.4. The molecule has 0 radical (unpaired) electrons. The van der Waals surface area contributed by atoms with E-state index in [2.05, 4.69) is 0 Å². The number of halogens is 5. The number of alkyl halides is 3. The summed E-state index contributed by atoms with van der Waals surface area (Å²) in [5.41, 5.74) is 3.82. The molecular weight excluding hydrogens is 352 g/mol. The van der Waals surface area contributed by atoms with Crippen LogP contribution in [0.4, 0.5) is 17.6 Å². The Labute approximate surface area is 139 Å². The molecule has 0 aliphatic rings. The number of amides is 1. The number of phenols is 1. The topological polar surface area (TPSA) is 87.2 Å². The Balaban J connectivity index is 0.000000254. The first-order valence-corrected chi connectivity index (χ1v) is 6.59. The molecule has 0 atom stereocenters. The van der Waals surface area contributed by atoms with Gasteiger partial charge in [-0.15, -0.1) is 0 Å². The Hall–Kier alpha value is -2.61. The standard InChI is InChI=1S/C8H5ClF3NO.C7H6FNO/c9-6-2-5(8(10,11)12)1-4(3-13)7(6)14;8-6-3-1-2-5(4-6)7(9)10/h1-3,13-14H;1-4H,(H2,9,10). The van der Waals surface area contributed by atoms with Crippen molar-refractivity contribution >= 4 is 23.7 Å². The summed E-state index contributed by atoms with van der Waals surface area (Å²) < 4.78 is 48.9. The summed E-state index contributed by atoms with van der Waals surface area (Å²) in [5, 5.41) is 15.5. The molecule has 0 heterocycles. The van der Waals surface area contributed by atoms with Gasteiger partial charge in [-0.1, -0.05) is 17.7 Å². The molecule has 9 heteroatoms. The van der Waals surface area contributed by atoms with E-state index in [1.165, 1.54) is 18.2 Å². The third kappa shape index (κ3) is 5.24. The third-order valence-corrected chi connectivity index (χ3v) is 2.97. The van der Waals surface area contributed by atoms with Crippen molar-refractivity contribution in [1.29, 1.82) is 5.41 Å². The maximum Gasteiger partial charge on any atom is 0.416 e. The minimum absolute atomic E-state index is 0.194. The zero-order valence-electron chi connectivity index (χ0n) is 11.9. The number of carbonyl (C=O) groups excluding carboxylic acids is 1. The van der Waals surface area contributed by atoms with E-state index in [4.69, 9.17) is 27.9 Å². The van der Waals surface area contributed by atoms with Gasteiger partial charge in [0.05, 0.1) is 10.6 Å². The number of carbonyl (C=O) groups is 1. The number of hydrogen-bond acceptors (Lipinski definition) is 3. The first-order chi connectivity index (χ1) is 11.1. The van der Waals surface area contributed by atoms with Gasteiger partial charge < -0.3 is 16.2 Å². The van der Waals surface area contributed by atoms with Gasteiger partial charge in [0, 0.05) is 17.3 Å². The molecule has 0 unspecified atom stereocenters. The Bertz CT molecular complexity index is 764. The second-order valence-corrected chi connectivity index (χ2v) is 4.82. The van der Waals surface area contributed by atoms with Crippen molar-refractivity contribution in [3.8, 4) is 5.75 Å². The summed E-state index contributed by atoms with van der Waals surface area (Å²) in [6.45, 7) is 0. The molecule has 0 aliphatic carbocycles. The largest absolute Gasteiger partial charge is 0.506 e. The minimum atomic E-state index is -4.53. The number of aromatic hydroxyl groups is 1. The van der Waals surface area contributed by atoms with Crippen LogP contribution in [0.5, 0.6) is 5.75 Å². The second kappa shape index (κ2) is 7.78. The molecule has 2 aromatic carbocycles. The molecule has 1 amide bonds. The predicted molar refractivity (Wildman–Crippen MR) is 80.9 cm³/mol. The third-order valence-electron chi connectivity index (χ3n) is 2.68. The monoisotopic (exact) mass is 362 g/mol. The number of hydrogen-bond donors (Lipinski definition) is 3. The lowest BCUT2D eigenvalue weighted by molar-refractivity contribution is -0.137. The highest BCUT2D eigenvalue weighted by Crippen LogP contribution is 2.36. The number of nitrogens with two attached hydrogens (primary N) is 1. The van der Waals surface area contributed by atoms with Crippen molar-refractivity contribution in [2.75, 3.05) is 0 Å². The highest BCUT2D eigenvalue weighted by molar-refractivity contribution is 6.32. The smallest absolute Gasteiger partial charge is 0.416 e. The molecule has 2 aromatic rings. The maximum atomic E-state index is 12.3. The fraction of sp³-hybridized carbons (Fsp3) is 0.0667. The number of phenolic OH excluding ortho intramolecular Hbond substituents is 1. The van der Waals surface area contributed by atoms with E-state index in [9.17, 15) is 22.4 Å². The number of primary amides is 1. The number of rotatable bonds is 2. The van der Waals surface area contributed by atoms with Crippen LogP contribution in [0.2, 0.25) is 5.02 Å². The molecule has 24 heavy (non-hydrogen) atoms. The van der Waals surface area contributed by atoms with Crippen LogP contribution < -0.4 is 5.73 Å². The van der Waals surface area contributed by atoms with Crippen molar-refractivity contribution in [2.24, 2.45) is 5.73 Å². The maximum absolute atomic E-state index is 12.3. The molecule has 0 fully saturated rings. The van der Waals surface area contributed by atoms with E-state index in [-0.39, 0.29) is 11.1 Å². The molecule has 0 bridgehead atoms. The zero-order valence-corrected chi connectivity index (χ0v) is 12.6. The summed E-state index contributed by atoms with van der Waals surface area (Å²) in [6.07, 6.45) is -3.93. The quantitative estimate of drug-likeness (QED) is 0.557. The lowest BCUT2D eigenvalue weighted by Gasteiger charge is -2.09. The van der Waals surface area contributed by atoms with Crippen LogP contribution in [-0.2, 0) is 6.18 Å². The lowest BCUT2D eigenvalue weighted by Crippen LogP contribution is -2.10. The Morgan fingerprint density at radius 2 is 1.88 bits per heavy atom. The fourth-order valence-electron chi connectivity index (χ4n) is 1.54. The Morgan fingerprint density at radius 3 is 2.29 bits per heavy atom. The van der Waals surface area contributed by atoms with Crippen LogP contribution in [0.1, 0.15) is 21.5 Å².